The first kappa shape index (κ1) is 12.7. The van der Waals surface area contributed by atoms with Gasteiger partial charge in [-0.2, -0.15) is 0 Å². The Labute approximate surface area is 139 Å². The summed E-state index contributed by atoms with van der Waals surface area (Å²) in [7, 11) is 0. The Morgan fingerprint density at radius 3 is 2.12 bits per heavy atom. The van der Waals surface area contributed by atoms with Crippen LogP contribution in [0.25, 0.3) is 16.5 Å². The second-order valence-electron chi connectivity index (χ2n) is 7.31. The largest absolute Gasteiger partial charge is 0.494 e. The highest BCUT2D eigenvalue weighted by atomic mass is 16.3. The third kappa shape index (κ3) is 1.35. The van der Waals surface area contributed by atoms with Crippen LogP contribution in [0.4, 0.5) is 0 Å². The minimum Gasteiger partial charge on any atom is -0.494 e. The number of hydrogen-bond acceptors (Lipinski definition) is 2. The molecule has 2 aromatic carbocycles. The molecule has 4 aliphatic carbocycles. The fourth-order valence-corrected chi connectivity index (χ4v) is 5.08. The van der Waals surface area contributed by atoms with Crippen LogP contribution in [0.3, 0.4) is 0 Å². The SMILES string of the molecule is Oc1c2c(c(O)n1-c1cccc3ccccc13)[C@@H]1C=C[C@H]2[C@H]2C[C@H]21. The zero-order chi connectivity index (χ0) is 16.0. The molecule has 24 heavy (non-hydrogen) atoms. The van der Waals surface area contributed by atoms with E-state index in [1.807, 2.05) is 30.3 Å². The molecule has 4 atom stereocenters. The molecular formula is C21H17NO2. The molecule has 0 saturated heterocycles. The van der Waals surface area contributed by atoms with Crippen molar-refractivity contribution in [3.63, 3.8) is 0 Å². The van der Waals surface area contributed by atoms with Crippen LogP contribution in [0.15, 0.2) is 54.6 Å². The van der Waals surface area contributed by atoms with Crippen LogP contribution >= 0.6 is 0 Å². The van der Waals surface area contributed by atoms with Gasteiger partial charge in [0.05, 0.1) is 5.69 Å². The van der Waals surface area contributed by atoms with Crippen LogP contribution < -0.4 is 0 Å². The molecule has 2 bridgehead atoms. The number of hydrogen-bond donors (Lipinski definition) is 2. The van der Waals surface area contributed by atoms with Gasteiger partial charge in [-0.25, -0.2) is 0 Å². The van der Waals surface area contributed by atoms with E-state index in [1.165, 1.54) is 6.42 Å². The molecule has 1 heterocycles. The van der Waals surface area contributed by atoms with E-state index in [1.54, 1.807) is 4.57 Å². The monoisotopic (exact) mass is 315 g/mol. The van der Waals surface area contributed by atoms with Crippen molar-refractivity contribution in [2.24, 2.45) is 11.8 Å². The van der Waals surface area contributed by atoms with E-state index in [4.69, 9.17) is 0 Å². The Morgan fingerprint density at radius 1 is 0.792 bits per heavy atom. The summed E-state index contributed by atoms with van der Waals surface area (Å²) < 4.78 is 1.64. The van der Waals surface area contributed by atoms with Gasteiger partial charge in [0.2, 0.25) is 11.8 Å². The van der Waals surface area contributed by atoms with Crippen molar-refractivity contribution in [2.45, 2.75) is 18.3 Å². The molecule has 3 aromatic rings. The van der Waals surface area contributed by atoms with Crippen molar-refractivity contribution in [3.05, 3.63) is 65.7 Å². The van der Waals surface area contributed by atoms with Crippen LogP contribution in [0, 0.1) is 11.8 Å². The quantitative estimate of drug-likeness (QED) is 0.653. The maximum Gasteiger partial charge on any atom is 0.202 e. The fourth-order valence-electron chi connectivity index (χ4n) is 5.08. The van der Waals surface area contributed by atoms with Crippen molar-refractivity contribution in [2.75, 3.05) is 0 Å². The van der Waals surface area contributed by atoms with E-state index >= 15 is 0 Å². The molecular weight excluding hydrogens is 298 g/mol. The normalized spacial score (nSPS) is 28.8. The van der Waals surface area contributed by atoms with Gasteiger partial charge in [0.15, 0.2) is 0 Å². The maximum atomic E-state index is 11.0. The van der Waals surface area contributed by atoms with E-state index in [0.717, 1.165) is 27.6 Å². The summed E-state index contributed by atoms with van der Waals surface area (Å²) in [6.07, 6.45) is 5.67. The molecule has 0 spiro atoms. The molecule has 4 aliphatic rings. The molecule has 7 rings (SSSR count). The van der Waals surface area contributed by atoms with Gasteiger partial charge in [0.1, 0.15) is 0 Å². The smallest absolute Gasteiger partial charge is 0.202 e. The number of aromatic nitrogens is 1. The van der Waals surface area contributed by atoms with E-state index in [9.17, 15) is 10.2 Å². The van der Waals surface area contributed by atoms with Gasteiger partial charge in [0.25, 0.3) is 0 Å². The summed E-state index contributed by atoms with van der Waals surface area (Å²) in [4.78, 5) is 0. The third-order valence-electron chi connectivity index (χ3n) is 6.21. The van der Waals surface area contributed by atoms with Crippen molar-refractivity contribution in [3.8, 4) is 17.4 Å². The Hall–Kier alpha value is -2.68. The minimum absolute atomic E-state index is 0.212. The van der Waals surface area contributed by atoms with Gasteiger partial charge in [-0.3, -0.25) is 4.57 Å². The lowest BCUT2D eigenvalue weighted by molar-refractivity contribution is 0.399. The van der Waals surface area contributed by atoms with Crippen molar-refractivity contribution in [1.82, 2.24) is 4.57 Å². The topological polar surface area (TPSA) is 45.4 Å². The first-order valence-electron chi connectivity index (χ1n) is 8.58. The number of rotatable bonds is 1. The molecule has 1 saturated carbocycles. The van der Waals surface area contributed by atoms with Crippen molar-refractivity contribution < 1.29 is 10.2 Å². The summed E-state index contributed by atoms with van der Waals surface area (Å²) in [5, 5.41) is 24.1. The van der Waals surface area contributed by atoms with Crippen LogP contribution in [0.5, 0.6) is 11.8 Å². The summed E-state index contributed by atoms with van der Waals surface area (Å²) >= 11 is 0. The molecule has 0 aliphatic heterocycles. The molecule has 1 aromatic heterocycles. The van der Waals surface area contributed by atoms with Gasteiger partial charge in [0, 0.05) is 28.3 Å². The lowest BCUT2D eigenvalue weighted by atomic mass is 9.73. The number of nitrogens with zero attached hydrogens (tertiary/aromatic N) is 1. The number of allylic oxidation sites excluding steroid dienone is 2. The Balaban J connectivity index is 1.67. The van der Waals surface area contributed by atoms with Crippen LogP contribution in [0.1, 0.15) is 29.4 Å². The van der Waals surface area contributed by atoms with Gasteiger partial charge in [-0.1, -0.05) is 48.6 Å². The molecule has 2 N–H and O–H groups in total. The molecule has 0 radical (unpaired) electrons. The summed E-state index contributed by atoms with van der Waals surface area (Å²) in [6, 6.07) is 14.1. The highest BCUT2D eigenvalue weighted by Crippen LogP contribution is 2.68. The second kappa shape index (κ2) is 4.04. The predicted molar refractivity (Wildman–Crippen MR) is 92.8 cm³/mol. The highest BCUT2D eigenvalue weighted by molar-refractivity contribution is 5.91. The molecule has 3 nitrogen and oxygen atoms in total. The molecule has 0 amide bonds. The van der Waals surface area contributed by atoms with Crippen LogP contribution in [-0.2, 0) is 0 Å². The summed E-state index contributed by atoms with van der Waals surface area (Å²) in [5.74, 6) is 2.25. The van der Waals surface area contributed by atoms with E-state index < -0.39 is 0 Å². The van der Waals surface area contributed by atoms with Crippen LogP contribution in [-0.4, -0.2) is 14.8 Å². The molecule has 118 valence electrons. The zero-order valence-electron chi connectivity index (χ0n) is 13.1. The van der Waals surface area contributed by atoms with E-state index in [2.05, 4.69) is 24.3 Å². The van der Waals surface area contributed by atoms with Crippen molar-refractivity contribution >= 4 is 10.8 Å². The molecule has 1 fully saturated rings. The Morgan fingerprint density at radius 2 is 1.42 bits per heavy atom. The van der Waals surface area contributed by atoms with Gasteiger partial charge < -0.3 is 10.2 Å². The highest BCUT2D eigenvalue weighted by Gasteiger charge is 2.57. The van der Waals surface area contributed by atoms with E-state index in [0.29, 0.717) is 11.8 Å². The predicted octanol–water partition coefficient (Wildman–Crippen LogP) is 4.43. The molecule has 0 unspecified atom stereocenters. The third-order valence-corrected chi connectivity index (χ3v) is 6.21. The maximum absolute atomic E-state index is 11.0. The fraction of sp³-hybridized carbons (Fsp3) is 0.238. The number of fused-ring (bicyclic) bond motifs is 1. The summed E-state index contributed by atoms with van der Waals surface area (Å²) in [5.41, 5.74) is 2.74. The van der Waals surface area contributed by atoms with E-state index in [-0.39, 0.29) is 23.6 Å². The van der Waals surface area contributed by atoms with Crippen molar-refractivity contribution in [1.29, 1.82) is 0 Å². The number of aromatic hydroxyl groups is 2. The molecule has 3 heteroatoms. The standard InChI is InChI=1S/C21H17NO2/c23-20-18-13-8-9-14(16-10-15(13)16)19(18)21(24)22(20)17-7-3-5-11-4-1-2-6-12(11)17/h1-9,13-16,23-24H,10H2/t13-,14+,15+,16-. The van der Waals surface area contributed by atoms with Gasteiger partial charge in [-0.05, 0) is 29.7 Å². The average molecular weight is 315 g/mol. The lowest BCUT2D eigenvalue weighted by Gasteiger charge is -2.30. The first-order valence-corrected chi connectivity index (χ1v) is 8.58. The second-order valence-corrected chi connectivity index (χ2v) is 7.31. The van der Waals surface area contributed by atoms with Gasteiger partial charge >= 0.3 is 0 Å². The lowest BCUT2D eigenvalue weighted by Crippen LogP contribution is -2.18. The Kier molecular flexibility index (Phi) is 2.14. The van der Waals surface area contributed by atoms with Crippen LogP contribution in [0.2, 0.25) is 0 Å². The van der Waals surface area contributed by atoms with Gasteiger partial charge in [-0.15, -0.1) is 0 Å². The average Bonchev–Trinajstić information content (AvgIpc) is 3.39. The number of benzene rings is 2. The first-order chi connectivity index (χ1) is 11.8. The zero-order valence-corrected chi connectivity index (χ0v) is 13.1. The minimum atomic E-state index is 0.212. The Bertz CT molecular complexity index is 999. The summed E-state index contributed by atoms with van der Waals surface area (Å²) in [6.45, 7) is 0.